The number of rotatable bonds is 4. The first-order valence-electron chi connectivity index (χ1n) is 9.29. The van der Waals surface area contributed by atoms with E-state index < -0.39 is 0 Å². The number of hydrogen-bond acceptors (Lipinski definition) is 4. The van der Waals surface area contributed by atoms with Gasteiger partial charge in [-0.25, -0.2) is 0 Å². The summed E-state index contributed by atoms with van der Waals surface area (Å²) in [6.07, 6.45) is 3.93. The summed E-state index contributed by atoms with van der Waals surface area (Å²) in [7, 11) is 0. The second kappa shape index (κ2) is 9.14. The van der Waals surface area contributed by atoms with Crippen LogP contribution in [0.5, 0.6) is 0 Å². The molecule has 0 radical (unpaired) electrons. The van der Waals surface area contributed by atoms with Gasteiger partial charge in [-0.1, -0.05) is 0 Å². The van der Waals surface area contributed by atoms with Crippen molar-refractivity contribution in [3.05, 3.63) is 0 Å². The van der Waals surface area contributed by atoms with Crippen molar-refractivity contribution in [3.63, 3.8) is 0 Å². The van der Waals surface area contributed by atoms with Crippen LogP contribution in [0.15, 0.2) is 4.99 Å². The number of thioether (sulfide) groups is 1. The lowest BCUT2D eigenvalue weighted by Gasteiger charge is -2.32. The summed E-state index contributed by atoms with van der Waals surface area (Å²) in [5, 5.41) is 3.52. The fourth-order valence-electron chi connectivity index (χ4n) is 3.75. The summed E-state index contributed by atoms with van der Waals surface area (Å²) in [6, 6.07) is 0.675. The number of nitrogens with one attached hydrogen (secondary N) is 1. The molecule has 3 saturated heterocycles. The van der Waals surface area contributed by atoms with Crippen LogP contribution in [0.25, 0.3) is 0 Å². The van der Waals surface area contributed by atoms with Crippen LogP contribution in [0.1, 0.15) is 26.2 Å². The van der Waals surface area contributed by atoms with Crippen molar-refractivity contribution in [3.8, 4) is 0 Å². The van der Waals surface area contributed by atoms with Crippen molar-refractivity contribution >= 4 is 17.7 Å². The highest BCUT2D eigenvalue weighted by molar-refractivity contribution is 7.99. The van der Waals surface area contributed by atoms with Gasteiger partial charge in [-0.15, -0.1) is 0 Å². The highest BCUT2D eigenvalue weighted by atomic mass is 32.2. The Morgan fingerprint density at radius 1 is 1.17 bits per heavy atom. The van der Waals surface area contributed by atoms with Gasteiger partial charge in [0.15, 0.2) is 5.96 Å². The minimum absolute atomic E-state index is 0.675. The van der Waals surface area contributed by atoms with Crippen LogP contribution >= 0.6 is 11.8 Å². The van der Waals surface area contributed by atoms with E-state index in [0.717, 1.165) is 64.4 Å². The molecule has 0 aliphatic carbocycles. The summed E-state index contributed by atoms with van der Waals surface area (Å²) < 4.78 is 5.48. The van der Waals surface area contributed by atoms with Gasteiger partial charge in [0.2, 0.25) is 0 Å². The molecule has 0 saturated carbocycles. The van der Waals surface area contributed by atoms with Crippen LogP contribution in [-0.2, 0) is 4.74 Å². The molecule has 1 atom stereocenters. The van der Waals surface area contributed by atoms with E-state index in [-0.39, 0.29) is 0 Å². The van der Waals surface area contributed by atoms with Crippen LogP contribution in [0.3, 0.4) is 0 Å². The van der Waals surface area contributed by atoms with Crippen molar-refractivity contribution in [2.24, 2.45) is 10.9 Å². The second-order valence-corrected chi connectivity index (χ2v) is 8.01. The third-order valence-electron chi connectivity index (χ3n) is 5.20. The molecule has 3 rings (SSSR count). The maximum Gasteiger partial charge on any atom is 0.193 e. The zero-order chi connectivity index (χ0) is 15.9. The van der Waals surface area contributed by atoms with Crippen LogP contribution in [0.2, 0.25) is 0 Å². The summed E-state index contributed by atoms with van der Waals surface area (Å²) in [5.41, 5.74) is 0. The minimum atomic E-state index is 0.675. The van der Waals surface area contributed by atoms with Crippen LogP contribution in [0, 0.1) is 5.92 Å². The third-order valence-corrected chi connectivity index (χ3v) is 6.25. The Balaban J connectivity index is 1.53. The summed E-state index contributed by atoms with van der Waals surface area (Å²) in [6.45, 7) is 10.3. The number of likely N-dealkylation sites (tertiary alicyclic amines) is 1. The van der Waals surface area contributed by atoms with Gasteiger partial charge in [-0.05, 0) is 43.6 Å². The normalized spacial score (nSPS) is 28.3. The molecule has 23 heavy (non-hydrogen) atoms. The molecule has 0 aromatic rings. The molecule has 1 N–H and O–H groups in total. The summed E-state index contributed by atoms with van der Waals surface area (Å²) >= 11 is 2.09. The highest BCUT2D eigenvalue weighted by Crippen LogP contribution is 2.23. The summed E-state index contributed by atoms with van der Waals surface area (Å²) in [5.74, 6) is 4.57. The molecule has 132 valence electrons. The molecule has 5 nitrogen and oxygen atoms in total. The van der Waals surface area contributed by atoms with Crippen molar-refractivity contribution in [2.45, 2.75) is 32.2 Å². The van der Waals surface area contributed by atoms with Crippen LogP contribution in [0.4, 0.5) is 0 Å². The predicted molar refractivity (Wildman–Crippen MR) is 98.4 cm³/mol. The quantitative estimate of drug-likeness (QED) is 0.620. The van der Waals surface area contributed by atoms with Gasteiger partial charge in [0.1, 0.15) is 0 Å². The topological polar surface area (TPSA) is 40.1 Å². The standard InChI is InChI=1S/C17H32N4OS/c1-2-18-17(19-13-15-4-11-23-12-5-15)21-6-3-16(14-21)20-7-9-22-10-8-20/h15-16H,2-14H2,1H3,(H,18,19). The molecule has 0 aromatic carbocycles. The number of guanidine groups is 1. The maximum atomic E-state index is 5.48. The number of aliphatic imine (C=N–C) groups is 1. The number of ether oxygens (including phenoxy) is 1. The fraction of sp³-hybridized carbons (Fsp3) is 0.941. The van der Waals surface area contributed by atoms with Crippen LogP contribution in [-0.4, -0.2) is 85.8 Å². The Labute approximate surface area is 145 Å². The average Bonchev–Trinajstić information content (AvgIpc) is 3.10. The number of hydrogen-bond donors (Lipinski definition) is 1. The zero-order valence-electron chi connectivity index (χ0n) is 14.5. The average molecular weight is 341 g/mol. The molecule has 3 heterocycles. The number of nitrogens with zero attached hydrogens (tertiary/aromatic N) is 3. The Morgan fingerprint density at radius 2 is 1.96 bits per heavy atom. The predicted octanol–water partition coefficient (Wildman–Crippen LogP) is 1.50. The minimum Gasteiger partial charge on any atom is -0.379 e. The Kier molecular flexibility index (Phi) is 6.90. The molecule has 3 fully saturated rings. The fourth-order valence-corrected chi connectivity index (χ4v) is 4.95. The van der Waals surface area contributed by atoms with Gasteiger partial charge >= 0.3 is 0 Å². The van der Waals surface area contributed by atoms with Gasteiger partial charge in [0, 0.05) is 45.3 Å². The first-order valence-corrected chi connectivity index (χ1v) is 10.4. The Morgan fingerprint density at radius 3 is 2.70 bits per heavy atom. The van der Waals surface area contributed by atoms with Crippen molar-refractivity contribution in [1.29, 1.82) is 0 Å². The van der Waals surface area contributed by atoms with E-state index in [9.17, 15) is 0 Å². The van der Waals surface area contributed by atoms with E-state index in [1.165, 1.54) is 30.8 Å². The van der Waals surface area contributed by atoms with E-state index >= 15 is 0 Å². The van der Waals surface area contributed by atoms with Crippen molar-refractivity contribution in [1.82, 2.24) is 15.1 Å². The van der Waals surface area contributed by atoms with Crippen LogP contribution < -0.4 is 5.32 Å². The smallest absolute Gasteiger partial charge is 0.193 e. The lowest BCUT2D eigenvalue weighted by molar-refractivity contribution is 0.0195. The lowest BCUT2D eigenvalue weighted by atomic mass is 10.0. The lowest BCUT2D eigenvalue weighted by Crippen LogP contribution is -2.46. The molecule has 0 spiro atoms. The van der Waals surface area contributed by atoms with E-state index in [1.807, 2.05) is 0 Å². The number of morpholine rings is 1. The molecular formula is C17H32N4OS. The molecular weight excluding hydrogens is 308 g/mol. The third kappa shape index (κ3) is 5.00. The van der Waals surface area contributed by atoms with Gasteiger partial charge in [-0.2, -0.15) is 11.8 Å². The van der Waals surface area contributed by atoms with E-state index in [2.05, 4.69) is 33.8 Å². The van der Waals surface area contributed by atoms with E-state index in [1.54, 1.807) is 0 Å². The molecule has 6 heteroatoms. The maximum absolute atomic E-state index is 5.48. The largest absolute Gasteiger partial charge is 0.379 e. The monoisotopic (exact) mass is 340 g/mol. The highest BCUT2D eigenvalue weighted by Gasteiger charge is 2.30. The van der Waals surface area contributed by atoms with Gasteiger partial charge < -0.3 is 15.0 Å². The van der Waals surface area contributed by atoms with Gasteiger partial charge in [0.05, 0.1) is 13.2 Å². The second-order valence-electron chi connectivity index (χ2n) is 6.79. The first kappa shape index (κ1) is 17.4. The molecule has 0 bridgehead atoms. The van der Waals surface area contributed by atoms with Crippen molar-refractivity contribution in [2.75, 3.05) is 64.0 Å². The molecule has 3 aliphatic heterocycles. The Bertz CT molecular complexity index is 381. The summed E-state index contributed by atoms with van der Waals surface area (Å²) in [4.78, 5) is 10.1. The van der Waals surface area contributed by atoms with Gasteiger partial charge in [-0.3, -0.25) is 9.89 Å². The molecule has 0 amide bonds. The molecule has 1 unspecified atom stereocenters. The van der Waals surface area contributed by atoms with Gasteiger partial charge in [0.25, 0.3) is 0 Å². The Hall–Kier alpha value is -0.460. The molecule has 0 aromatic heterocycles. The van der Waals surface area contributed by atoms with Crippen molar-refractivity contribution < 1.29 is 4.74 Å². The zero-order valence-corrected chi connectivity index (χ0v) is 15.3. The van der Waals surface area contributed by atoms with E-state index in [4.69, 9.17) is 9.73 Å². The SMILES string of the molecule is CCNC(=NCC1CCSCC1)N1CCC(N2CCOCC2)C1. The van der Waals surface area contributed by atoms with E-state index in [0.29, 0.717) is 6.04 Å². The molecule has 3 aliphatic rings. The first-order chi connectivity index (χ1) is 11.4.